The van der Waals surface area contributed by atoms with Gasteiger partial charge in [0.1, 0.15) is 5.60 Å². The van der Waals surface area contributed by atoms with E-state index >= 15 is 0 Å². The van der Waals surface area contributed by atoms with Gasteiger partial charge in [-0.3, -0.25) is 4.79 Å². The van der Waals surface area contributed by atoms with Gasteiger partial charge in [0.25, 0.3) is 0 Å². The molecule has 1 amide bonds. The fraction of sp³-hybridized carbons (Fsp3) is 0.714. The van der Waals surface area contributed by atoms with Crippen LogP contribution in [-0.2, 0) is 9.53 Å². The first-order valence-electron chi connectivity index (χ1n) is 6.68. The molecule has 1 aliphatic rings. The predicted octanol–water partition coefficient (Wildman–Crippen LogP) is 3.27. The number of nitrogens with one attached hydrogen (secondary N) is 1. The highest BCUT2D eigenvalue weighted by Crippen LogP contribution is 2.15. The van der Waals surface area contributed by atoms with Crippen molar-refractivity contribution in [3.8, 4) is 0 Å². The van der Waals surface area contributed by atoms with Crippen molar-refractivity contribution in [2.24, 2.45) is 0 Å². The molecule has 5 heteroatoms. The molecule has 0 aromatic carbocycles. The number of hydrogen-bond donors (Lipinski definition) is 1. The number of carbonyl (C=O) groups excluding carboxylic acids is 2. The van der Waals surface area contributed by atoms with E-state index in [0.29, 0.717) is 12.2 Å². The molecular formula is C14H23NO3S. The number of ether oxygens (including phenoxy) is 1. The van der Waals surface area contributed by atoms with Crippen LogP contribution >= 0.6 is 11.8 Å². The smallest absolute Gasteiger partial charge is 0.408 e. The lowest BCUT2D eigenvalue weighted by Crippen LogP contribution is -2.39. The Morgan fingerprint density at radius 3 is 2.84 bits per heavy atom. The Kier molecular flexibility index (Phi) is 6.42. The summed E-state index contributed by atoms with van der Waals surface area (Å²) in [6.45, 7) is 5.48. The zero-order chi connectivity index (χ0) is 14.3. The number of allylic oxidation sites excluding steroid dienone is 1. The monoisotopic (exact) mass is 285 g/mol. The Labute approximate surface area is 119 Å². The molecule has 0 aromatic rings. The number of rotatable bonds is 1. The summed E-state index contributed by atoms with van der Waals surface area (Å²) >= 11 is 1.28. The van der Waals surface area contributed by atoms with Gasteiger partial charge >= 0.3 is 6.09 Å². The highest BCUT2D eigenvalue weighted by atomic mass is 32.2. The number of alkyl carbamates (subject to hydrolysis) is 1. The fourth-order valence-corrected chi connectivity index (χ4v) is 2.50. The molecule has 1 heterocycles. The standard InChI is InChI=1S/C14H23NO3S/c1-14(2,3)18-13(17)15-11-8-6-4-5-7-9-12(16)19-10-11/h6,8,11H,4-5,7,9-10H2,1-3H3,(H,15,17)/b8-6-. The first kappa shape index (κ1) is 16.1. The third-order valence-electron chi connectivity index (χ3n) is 2.50. The van der Waals surface area contributed by atoms with Crippen LogP contribution in [0.15, 0.2) is 12.2 Å². The van der Waals surface area contributed by atoms with Gasteiger partial charge < -0.3 is 10.1 Å². The molecule has 0 aromatic heterocycles. The molecule has 0 saturated heterocycles. The van der Waals surface area contributed by atoms with Crippen molar-refractivity contribution in [3.05, 3.63) is 12.2 Å². The Hall–Kier alpha value is -0.970. The Balaban J connectivity index is 2.52. The second kappa shape index (κ2) is 7.58. The van der Waals surface area contributed by atoms with Gasteiger partial charge in [0, 0.05) is 12.2 Å². The molecule has 0 fully saturated rings. The van der Waals surface area contributed by atoms with Crippen molar-refractivity contribution in [1.82, 2.24) is 5.32 Å². The second-order valence-electron chi connectivity index (χ2n) is 5.61. The molecule has 1 rings (SSSR count). The summed E-state index contributed by atoms with van der Waals surface area (Å²) in [5.41, 5.74) is -0.507. The number of hydrogen-bond acceptors (Lipinski definition) is 4. The van der Waals surface area contributed by atoms with Crippen LogP contribution in [0.4, 0.5) is 4.79 Å². The molecule has 108 valence electrons. The van der Waals surface area contributed by atoms with Gasteiger partial charge in [-0.25, -0.2) is 4.79 Å². The van der Waals surface area contributed by atoms with Crippen LogP contribution in [0.3, 0.4) is 0 Å². The minimum absolute atomic E-state index is 0.151. The van der Waals surface area contributed by atoms with Gasteiger partial charge in [-0.1, -0.05) is 23.9 Å². The Morgan fingerprint density at radius 2 is 2.16 bits per heavy atom. The van der Waals surface area contributed by atoms with Crippen LogP contribution in [-0.4, -0.2) is 28.6 Å². The molecule has 4 nitrogen and oxygen atoms in total. The van der Waals surface area contributed by atoms with Crippen LogP contribution in [0.1, 0.15) is 46.5 Å². The lowest BCUT2D eigenvalue weighted by atomic mass is 10.1. The van der Waals surface area contributed by atoms with Gasteiger partial charge in [0.2, 0.25) is 0 Å². The summed E-state index contributed by atoms with van der Waals surface area (Å²) in [4.78, 5) is 23.3. The van der Waals surface area contributed by atoms with E-state index in [1.165, 1.54) is 11.8 Å². The number of carbonyl (C=O) groups is 2. The van der Waals surface area contributed by atoms with E-state index in [0.717, 1.165) is 19.3 Å². The van der Waals surface area contributed by atoms with Crippen molar-refractivity contribution in [1.29, 1.82) is 0 Å². The van der Waals surface area contributed by atoms with Crippen LogP contribution in [0, 0.1) is 0 Å². The molecule has 19 heavy (non-hydrogen) atoms. The van der Waals surface area contributed by atoms with Crippen molar-refractivity contribution in [2.75, 3.05) is 5.75 Å². The fourth-order valence-electron chi connectivity index (χ4n) is 1.65. The van der Waals surface area contributed by atoms with E-state index in [2.05, 4.69) is 11.4 Å². The molecule has 1 atom stereocenters. The number of amides is 1. The first-order valence-corrected chi connectivity index (χ1v) is 7.67. The molecule has 0 aliphatic carbocycles. The average Bonchev–Trinajstić information content (AvgIpc) is 2.27. The molecule has 0 bridgehead atoms. The van der Waals surface area contributed by atoms with Gasteiger partial charge in [0.15, 0.2) is 5.12 Å². The van der Waals surface area contributed by atoms with Gasteiger partial charge in [-0.05, 0) is 40.0 Å². The van der Waals surface area contributed by atoms with Crippen LogP contribution in [0.2, 0.25) is 0 Å². The molecule has 1 aliphatic heterocycles. The van der Waals surface area contributed by atoms with E-state index in [9.17, 15) is 9.59 Å². The molecule has 0 radical (unpaired) electrons. The van der Waals surface area contributed by atoms with Crippen LogP contribution < -0.4 is 5.32 Å². The van der Waals surface area contributed by atoms with E-state index in [4.69, 9.17) is 4.74 Å². The Morgan fingerprint density at radius 1 is 1.42 bits per heavy atom. The summed E-state index contributed by atoms with van der Waals surface area (Å²) in [5.74, 6) is 0.564. The summed E-state index contributed by atoms with van der Waals surface area (Å²) in [6.07, 6.45) is 7.12. The maximum atomic E-state index is 11.7. The largest absolute Gasteiger partial charge is 0.444 e. The average molecular weight is 285 g/mol. The Bertz CT molecular complexity index is 347. The molecule has 1 unspecified atom stereocenters. The zero-order valence-electron chi connectivity index (χ0n) is 11.9. The summed E-state index contributed by atoms with van der Waals surface area (Å²) in [7, 11) is 0. The van der Waals surface area contributed by atoms with Crippen molar-refractivity contribution in [2.45, 2.75) is 58.1 Å². The van der Waals surface area contributed by atoms with Crippen molar-refractivity contribution < 1.29 is 14.3 Å². The van der Waals surface area contributed by atoms with Crippen molar-refractivity contribution >= 4 is 23.0 Å². The van der Waals surface area contributed by atoms with Crippen LogP contribution in [0.25, 0.3) is 0 Å². The molecule has 1 N–H and O–H groups in total. The maximum Gasteiger partial charge on any atom is 0.408 e. The molecular weight excluding hydrogens is 262 g/mol. The van der Waals surface area contributed by atoms with E-state index in [1.807, 2.05) is 26.8 Å². The third-order valence-corrected chi connectivity index (χ3v) is 3.55. The number of thioether (sulfide) groups is 1. The van der Waals surface area contributed by atoms with Gasteiger partial charge in [0.05, 0.1) is 6.04 Å². The van der Waals surface area contributed by atoms with Crippen LogP contribution in [0.5, 0.6) is 0 Å². The lowest BCUT2D eigenvalue weighted by molar-refractivity contribution is -0.111. The molecule has 0 saturated carbocycles. The predicted molar refractivity (Wildman–Crippen MR) is 78.2 cm³/mol. The third kappa shape index (κ3) is 7.93. The van der Waals surface area contributed by atoms with Gasteiger partial charge in [-0.2, -0.15) is 0 Å². The SMILES string of the molecule is CC(C)(C)OC(=O)NC1/C=C\CCCCC(=O)SC1. The highest BCUT2D eigenvalue weighted by Gasteiger charge is 2.19. The van der Waals surface area contributed by atoms with Crippen molar-refractivity contribution in [3.63, 3.8) is 0 Å². The quantitative estimate of drug-likeness (QED) is 0.751. The van der Waals surface area contributed by atoms with Gasteiger partial charge in [-0.15, -0.1) is 0 Å². The maximum absolute atomic E-state index is 11.7. The second-order valence-corrected chi connectivity index (χ2v) is 6.69. The minimum atomic E-state index is -0.507. The zero-order valence-corrected chi connectivity index (χ0v) is 12.7. The summed E-state index contributed by atoms with van der Waals surface area (Å²) < 4.78 is 5.22. The highest BCUT2D eigenvalue weighted by molar-refractivity contribution is 8.13. The van der Waals surface area contributed by atoms with E-state index < -0.39 is 11.7 Å². The first-order chi connectivity index (χ1) is 8.87. The van der Waals surface area contributed by atoms with E-state index in [1.54, 1.807) is 0 Å². The normalized spacial score (nSPS) is 23.5. The topological polar surface area (TPSA) is 55.4 Å². The molecule has 0 spiro atoms. The minimum Gasteiger partial charge on any atom is -0.444 e. The summed E-state index contributed by atoms with van der Waals surface area (Å²) in [6, 6.07) is -0.151. The lowest BCUT2D eigenvalue weighted by Gasteiger charge is -2.22. The van der Waals surface area contributed by atoms with E-state index in [-0.39, 0.29) is 11.2 Å². The summed E-state index contributed by atoms with van der Waals surface area (Å²) in [5, 5.41) is 2.99.